The second-order valence-electron chi connectivity index (χ2n) is 8.51. The van der Waals surface area contributed by atoms with Crippen LogP contribution in [0.2, 0.25) is 0 Å². The first-order valence-corrected chi connectivity index (χ1v) is 10.9. The Balaban J connectivity index is 1.76. The number of rotatable bonds is 3. The number of benzene rings is 1. The molecule has 0 bridgehead atoms. The quantitative estimate of drug-likeness (QED) is 0.770. The van der Waals surface area contributed by atoms with Crippen molar-refractivity contribution in [1.82, 2.24) is 10.3 Å². The van der Waals surface area contributed by atoms with Gasteiger partial charge >= 0.3 is 5.97 Å². The summed E-state index contributed by atoms with van der Waals surface area (Å²) in [4.78, 5) is 30.1. The number of carbonyl (C=O) groups is 2. The molecule has 1 N–H and O–H groups in total. The van der Waals surface area contributed by atoms with Gasteiger partial charge in [-0.05, 0) is 73.1 Å². The zero-order chi connectivity index (χ0) is 21.9. The summed E-state index contributed by atoms with van der Waals surface area (Å²) in [5, 5.41) is 4.04. The van der Waals surface area contributed by atoms with Crippen molar-refractivity contribution < 1.29 is 18.7 Å². The fourth-order valence-electron chi connectivity index (χ4n) is 5.34. The molecule has 0 saturated heterocycles. The lowest BCUT2D eigenvalue weighted by atomic mass is 9.80. The van der Waals surface area contributed by atoms with Crippen molar-refractivity contribution in [3.8, 4) is 0 Å². The molecule has 3 aliphatic rings. The zero-order valence-electron chi connectivity index (χ0n) is 18.0. The van der Waals surface area contributed by atoms with Crippen LogP contribution in [0.25, 0.3) is 16.5 Å². The predicted molar refractivity (Wildman–Crippen MR) is 116 cm³/mol. The number of nitrogens with zero attached hydrogens (tertiary/aromatic N) is 1. The number of hydrogen-bond donors (Lipinski definition) is 1. The molecule has 0 radical (unpaired) electrons. The normalized spacial score (nSPS) is 20.6. The van der Waals surface area contributed by atoms with Crippen LogP contribution in [0.3, 0.4) is 0 Å². The zero-order valence-corrected chi connectivity index (χ0v) is 18.0. The van der Waals surface area contributed by atoms with E-state index in [4.69, 9.17) is 9.72 Å². The Labute approximate surface area is 180 Å². The van der Waals surface area contributed by atoms with E-state index in [2.05, 4.69) is 12.2 Å². The van der Waals surface area contributed by atoms with E-state index in [1.54, 1.807) is 7.05 Å². The van der Waals surface area contributed by atoms with Crippen LogP contribution < -0.4 is 5.32 Å². The van der Waals surface area contributed by atoms with Gasteiger partial charge in [-0.25, -0.2) is 14.2 Å². The van der Waals surface area contributed by atoms with E-state index in [1.807, 2.05) is 13.0 Å². The maximum atomic E-state index is 14.7. The highest BCUT2D eigenvalue weighted by atomic mass is 19.1. The van der Waals surface area contributed by atoms with Crippen molar-refractivity contribution in [1.29, 1.82) is 0 Å². The predicted octanol–water partition coefficient (Wildman–Crippen LogP) is 3.53. The highest BCUT2D eigenvalue weighted by Crippen LogP contribution is 2.40. The summed E-state index contributed by atoms with van der Waals surface area (Å²) in [5.74, 6) is -0.665. The lowest BCUT2D eigenvalue weighted by Gasteiger charge is -2.30. The molecule has 2 aliphatic carbocycles. The van der Waals surface area contributed by atoms with Gasteiger partial charge in [0.2, 0.25) is 0 Å². The van der Waals surface area contributed by atoms with Crippen molar-refractivity contribution >= 4 is 28.2 Å². The van der Waals surface area contributed by atoms with Gasteiger partial charge in [0, 0.05) is 23.4 Å². The molecule has 0 amide bonds. The van der Waals surface area contributed by atoms with Gasteiger partial charge in [0.05, 0.1) is 11.2 Å². The van der Waals surface area contributed by atoms with Gasteiger partial charge in [0.1, 0.15) is 18.5 Å². The van der Waals surface area contributed by atoms with E-state index in [1.165, 1.54) is 11.6 Å². The number of Topliss-reactive ketones (excluding diaryl/α,β-unsaturated/α-hetero) is 1. The molecule has 5 rings (SSSR count). The second kappa shape index (κ2) is 7.38. The SMILES string of the molecule is CCc1c(C2=CC3=C(COC(=O)C3NC)C(=O)C2)nc2cc(F)c(C)c3c2c1CCC3. The summed E-state index contributed by atoms with van der Waals surface area (Å²) in [7, 11) is 1.68. The molecular weight excluding hydrogens is 395 g/mol. The van der Waals surface area contributed by atoms with Gasteiger partial charge in [-0.15, -0.1) is 0 Å². The second-order valence-corrected chi connectivity index (χ2v) is 8.51. The number of allylic oxidation sites excluding steroid dienone is 1. The van der Waals surface area contributed by atoms with Crippen LogP contribution in [0, 0.1) is 12.7 Å². The van der Waals surface area contributed by atoms with Gasteiger partial charge in [-0.2, -0.15) is 0 Å². The summed E-state index contributed by atoms with van der Waals surface area (Å²) >= 11 is 0. The molecule has 6 heteroatoms. The Morgan fingerprint density at radius 3 is 2.77 bits per heavy atom. The Kier molecular flexibility index (Phi) is 4.77. The third kappa shape index (κ3) is 2.96. The smallest absolute Gasteiger partial charge is 0.328 e. The maximum absolute atomic E-state index is 14.7. The number of likely N-dealkylation sites (N-methyl/N-ethyl adjacent to an activating group) is 1. The molecule has 2 heterocycles. The number of esters is 1. The number of cyclic esters (lactones) is 1. The van der Waals surface area contributed by atoms with E-state index in [9.17, 15) is 14.0 Å². The fraction of sp³-hybridized carbons (Fsp3) is 0.400. The molecule has 0 spiro atoms. The summed E-state index contributed by atoms with van der Waals surface area (Å²) in [5.41, 5.74) is 7.55. The van der Waals surface area contributed by atoms with E-state index in [0.717, 1.165) is 53.5 Å². The number of pyridine rings is 1. The van der Waals surface area contributed by atoms with Gasteiger partial charge in [-0.1, -0.05) is 13.0 Å². The minimum Gasteiger partial charge on any atom is -0.459 e. The third-order valence-corrected chi connectivity index (χ3v) is 6.89. The van der Waals surface area contributed by atoms with Crippen LogP contribution in [0.4, 0.5) is 4.39 Å². The van der Waals surface area contributed by atoms with E-state index >= 15 is 0 Å². The van der Waals surface area contributed by atoms with E-state index < -0.39 is 6.04 Å². The lowest BCUT2D eigenvalue weighted by Crippen LogP contribution is -2.43. The van der Waals surface area contributed by atoms with Crippen molar-refractivity contribution in [3.63, 3.8) is 0 Å². The minimum atomic E-state index is -0.668. The van der Waals surface area contributed by atoms with Crippen molar-refractivity contribution in [2.45, 2.75) is 52.0 Å². The Morgan fingerprint density at radius 2 is 2.03 bits per heavy atom. The van der Waals surface area contributed by atoms with E-state index in [0.29, 0.717) is 22.2 Å². The van der Waals surface area contributed by atoms with Gasteiger partial charge in [0.15, 0.2) is 5.78 Å². The molecule has 0 fully saturated rings. The molecule has 1 unspecified atom stereocenters. The molecule has 1 aromatic carbocycles. The Morgan fingerprint density at radius 1 is 1.26 bits per heavy atom. The number of carbonyl (C=O) groups excluding carboxylic acids is 2. The van der Waals surface area contributed by atoms with Gasteiger partial charge in [-0.3, -0.25) is 4.79 Å². The maximum Gasteiger partial charge on any atom is 0.328 e. The first-order valence-electron chi connectivity index (χ1n) is 10.9. The number of halogens is 1. The summed E-state index contributed by atoms with van der Waals surface area (Å²) in [6.07, 6.45) is 5.67. The van der Waals surface area contributed by atoms with Gasteiger partial charge in [0.25, 0.3) is 0 Å². The average molecular weight is 420 g/mol. The molecule has 160 valence electrons. The molecule has 1 atom stereocenters. The summed E-state index contributed by atoms with van der Waals surface area (Å²) in [6, 6.07) is 0.856. The highest BCUT2D eigenvalue weighted by Gasteiger charge is 2.36. The van der Waals surface area contributed by atoms with Gasteiger partial charge < -0.3 is 10.1 Å². The largest absolute Gasteiger partial charge is 0.459 e. The van der Waals surface area contributed by atoms with Crippen molar-refractivity contribution in [2.24, 2.45) is 0 Å². The topological polar surface area (TPSA) is 68.3 Å². The summed E-state index contributed by atoms with van der Waals surface area (Å²) in [6.45, 7) is 3.95. The van der Waals surface area contributed by atoms with Crippen LogP contribution in [0.1, 0.15) is 47.7 Å². The molecule has 31 heavy (non-hydrogen) atoms. The first-order chi connectivity index (χ1) is 14.9. The Bertz CT molecular complexity index is 1230. The first kappa shape index (κ1) is 20.1. The lowest BCUT2D eigenvalue weighted by molar-refractivity contribution is -0.145. The standard InChI is InChI=1S/C25H25FN2O3/c1-4-14-16-7-5-6-15-12(2)19(26)10-20(22(15)16)28-23(14)13-8-17-18(21(29)9-13)11-31-25(30)24(17)27-3/h8,10,24,27H,4-7,9,11H2,1-3H3. The molecule has 1 aliphatic heterocycles. The van der Waals surface area contributed by atoms with Crippen LogP contribution in [0.5, 0.6) is 0 Å². The van der Waals surface area contributed by atoms with Crippen molar-refractivity contribution in [3.05, 3.63) is 57.1 Å². The van der Waals surface area contributed by atoms with Crippen LogP contribution in [-0.4, -0.2) is 36.4 Å². The number of hydrogen-bond acceptors (Lipinski definition) is 5. The molecule has 1 aromatic heterocycles. The monoisotopic (exact) mass is 420 g/mol. The van der Waals surface area contributed by atoms with Crippen LogP contribution in [0.15, 0.2) is 23.3 Å². The summed E-state index contributed by atoms with van der Waals surface area (Å²) < 4.78 is 19.8. The fourth-order valence-corrected chi connectivity index (χ4v) is 5.34. The number of ether oxygens (including phenoxy) is 1. The third-order valence-electron chi connectivity index (χ3n) is 6.89. The highest BCUT2D eigenvalue weighted by molar-refractivity contribution is 6.08. The van der Waals surface area contributed by atoms with Crippen LogP contribution >= 0.6 is 0 Å². The Hall–Kier alpha value is -2.86. The van der Waals surface area contributed by atoms with Crippen LogP contribution in [-0.2, 0) is 33.6 Å². The van der Waals surface area contributed by atoms with Crippen molar-refractivity contribution in [2.75, 3.05) is 13.7 Å². The molecule has 0 saturated carbocycles. The molecule has 5 nitrogen and oxygen atoms in total. The number of aryl methyl sites for hydroxylation is 2. The minimum absolute atomic E-state index is 0.0137. The number of aromatic nitrogens is 1. The number of ketones is 1. The molecular formula is C25H25FN2O3. The average Bonchev–Trinajstić information content (AvgIpc) is 2.76. The number of nitrogens with one attached hydrogen (secondary N) is 1. The molecule has 2 aromatic rings. The van der Waals surface area contributed by atoms with E-state index in [-0.39, 0.29) is 30.6 Å².